The van der Waals surface area contributed by atoms with Crippen molar-refractivity contribution >= 4 is 17.1 Å². The maximum atomic E-state index is 12.4. The molecule has 2 aromatic rings. The molecule has 1 aromatic heterocycles. The second-order valence-corrected chi connectivity index (χ2v) is 5.90. The average Bonchev–Trinajstić information content (AvgIpc) is 2.97. The van der Waals surface area contributed by atoms with E-state index in [1.807, 2.05) is 18.2 Å². The zero-order valence-corrected chi connectivity index (χ0v) is 11.6. The Morgan fingerprint density at radius 2 is 2.21 bits per heavy atom. The normalized spacial score (nSPS) is 14.1. The number of benzene rings is 1. The molecule has 2 heterocycles. The summed E-state index contributed by atoms with van der Waals surface area (Å²) in [6.07, 6.45) is 2.44. The molecule has 0 bridgehead atoms. The van der Waals surface area contributed by atoms with Crippen LogP contribution in [0.5, 0.6) is 0 Å². The SMILES string of the molecule is O=C(CCc1cccs1)c1cccc2c1CCNC2. The fourth-order valence-corrected chi connectivity index (χ4v) is 3.33. The van der Waals surface area contributed by atoms with E-state index in [4.69, 9.17) is 0 Å². The molecule has 1 aliphatic rings. The Balaban J connectivity index is 1.76. The number of hydrogen-bond donors (Lipinski definition) is 1. The third kappa shape index (κ3) is 2.77. The molecule has 0 saturated heterocycles. The van der Waals surface area contributed by atoms with Crippen molar-refractivity contribution in [3.05, 3.63) is 57.3 Å². The van der Waals surface area contributed by atoms with Gasteiger partial charge in [0.05, 0.1) is 0 Å². The zero-order valence-electron chi connectivity index (χ0n) is 10.8. The first-order chi connectivity index (χ1) is 9.34. The number of nitrogens with one attached hydrogen (secondary N) is 1. The first-order valence-electron chi connectivity index (χ1n) is 6.71. The molecule has 0 unspecified atom stereocenters. The Bertz CT molecular complexity index is 574. The van der Waals surface area contributed by atoms with Crippen molar-refractivity contribution in [1.82, 2.24) is 5.32 Å². The predicted octanol–water partition coefficient (Wildman–Crippen LogP) is 3.21. The first-order valence-corrected chi connectivity index (χ1v) is 7.59. The van der Waals surface area contributed by atoms with Gasteiger partial charge < -0.3 is 5.32 Å². The van der Waals surface area contributed by atoms with Crippen molar-refractivity contribution in [3.63, 3.8) is 0 Å². The van der Waals surface area contributed by atoms with Crippen molar-refractivity contribution in [2.24, 2.45) is 0 Å². The number of thiophene rings is 1. The minimum atomic E-state index is 0.284. The molecule has 98 valence electrons. The topological polar surface area (TPSA) is 29.1 Å². The number of rotatable bonds is 4. The van der Waals surface area contributed by atoms with Gasteiger partial charge >= 0.3 is 0 Å². The molecule has 0 fully saturated rings. The highest BCUT2D eigenvalue weighted by Gasteiger charge is 2.16. The number of ketones is 1. The van der Waals surface area contributed by atoms with Crippen LogP contribution in [0.2, 0.25) is 0 Å². The summed E-state index contributed by atoms with van der Waals surface area (Å²) in [6, 6.07) is 10.3. The number of aryl methyl sites for hydroxylation is 1. The van der Waals surface area contributed by atoms with Crippen LogP contribution < -0.4 is 5.32 Å². The smallest absolute Gasteiger partial charge is 0.163 e. The Hall–Kier alpha value is -1.45. The van der Waals surface area contributed by atoms with E-state index in [0.717, 1.165) is 31.5 Å². The van der Waals surface area contributed by atoms with Gasteiger partial charge in [0.2, 0.25) is 0 Å². The van der Waals surface area contributed by atoms with Crippen LogP contribution in [0, 0.1) is 0 Å². The van der Waals surface area contributed by atoms with Gasteiger partial charge in [-0.3, -0.25) is 4.79 Å². The van der Waals surface area contributed by atoms with E-state index in [9.17, 15) is 4.79 Å². The number of fused-ring (bicyclic) bond motifs is 1. The molecule has 3 heteroatoms. The van der Waals surface area contributed by atoms with E-state index in [1.54, 1.807) is 11.3 Å². The van der Waals surface area contributed by atoms with Gasteiger partial charge in [0.25, 0.3) is 0 Å². The Labute approximate surface area is 117 Å². The molecular weight excluding hydrogens is 254 g/mol. The molecule has 1 aliphatic heterocycles. The van der Waals surface area contributed by atoms with Gasteiger partial charge in [-0.15, -0.1) is 11.3 Å². The molecule has 1 aromatic carbocycles. The van der Waals surface area contributed by atoms with Crippen molar-refractivity contribution < 1.29 is 4.79 Å². The Kier molecular flexibility index (Phi) is 3.76. The van der Waals surface area contributed by atoms with Crippen LogP contribution in [0.3, 0.4) is 0 Å². The molecule has 3 rings (SSSR count). The van der Waals surface area contributed by atoms with E-state index >= 15 is 0 Å². The third-order valence-electron chi connectivity index (χ3n) is 3.62. The fraction of sp³-hybridized carbons (Fsp3) is 0.312. The van der Waals surface area contributed by atoms with E-state index < -0.39 is 0 Å². The van der Waals surface area contributed by atoms with Crippen molar-refractivity contribution in [1.29, 1.82) is 0 Å². The molecule has 2 nitrogen and oxygen atoms in total. The fourth-order valence-electron chi connectivity index (χ4n) is 2.62. The van der Waals surface area contributed by atoms with Crippen LogP contribution in [-0.2, 0) is 19.4 Å². The number of carbonyl (C=O) groups is 1. The average molecular weight is 271 g/mol. The summed E-state index contributed by atoms with van der Waals surface area (Å²) in [6.45, 7) is 1.86. The van der Waals surface area contributed by atoms with E-state index in [-0.39, 0.29) is 5.78 Å². The highest BCUT2D eigenvalue weighted by Crippen LogP contribution is 2.21. The molecule has 19 heavy (non-hydrogen) atoms. The second kappa shape index (κ2) is 5.68. The minimum Gasteiger partial charge on any atom is -0.312 e. The first kappa shape index (κ1) is 12.6. The summed E-state index contributed by atoms with van der Waals surface area (Å²) in [5, 5.41) is 5.42. The number of carbonyl (C=O) groups excluding carboxylic acids is 1. The van der Waals surface area contributed by atoms with Gasteiger partial charge in [0.15, 0.2) is 5.78 Å². The van der Waals surface area contributed by atoms with Crippen LogP contribution in [0.25, 0.3) is 0 Å². The molecule has 0 spiro atoms. The van der Waals surface area contributed by atoms with E-state index in [2.05, 4.69) is 22.8 Å². The largest absolute Gasteiger partial charge is 0.312 e. The van der Waals surface area contributed by atoms with Crippen LogP contribution in [-0.4, -0.2) is 12.3 Å². The summed E-state index contributed by atoms with van der Waals surface area (Å²) in [7, 11) is 0. The lowest BCUT2D eigenvalue weighted by Crippen LogP contribution is -2.25. The number of hydrogen-bond acceptors (Lipinski definition) is 3. The number of Topliss-reactive ketones (excluding diaryl/α,β-unsaturated/α-hetero) is 1. The summed E-state index contributed by atoms with van der Waals surface area (Å²) >= 11 is 1.73. The highest BCUT2D eigenvalue weighted by molar-refractivity contribution is 7.09. The Morgan fingerprint density at radius 3 is 3.05 bits per heavy atom. The standard InChI is InChI=1S/C16H17NOS/c18-16(7-6-13-4-2-10-19-13)15-5-1-3-12-11-17-9-8-14(12)15/h1-5,10,17H,6-9,11H2. The van der Waals surface area contributed by atoms with Crippen LogP contribution in [0.1, 0.15) is 32.8 Å². The van der Waals surface area contributed by atoms with Crippen molar-refractivity contribution in [2.45, 2.75) is 25.8 Å². The van der Waals surface area contributed by atoms with Gasteiger partial charge in [-0.2, -0.15) is 0 Å². The Morgan fingerprint density at radius 1 is 1.26 bits per heavy atom. The van der Waals surface area contributed by atoms with Crippen LogP contribution in [0.4, 0.5) is 0 Å². The minimum absolute atomic E-state index is 0.284. The van der Waals surface area contributed by atoms with Crippen LogP contribution in [0.15, 0.2) is 35.7 Å². The van der Waals surface area contributed by atoms with Gasteiger partial charge in [-0.1, -0.05) is 24.3 Å². The van der Waals surface area contributed by atoms with Gasteiger partial charge in [0.1, 0.15) is 0 Å². The van der Waals surface area contributed by atoms with E-state index in [0.29, 0.717) is 6.42 Å². The van der Waals surface area contributed by atoms with Gasteiger partial charge in [-0.25, -0.2) is 0 Å². The van der Waals surface area contributed by atoms with Gasteiger partial charge in [-0.05, 0) is 42.0 Å². The molecular formula is C16H17NOS. The zero-order chi connectivity index (χ0) is 13.1. The van der Waals surface area contributed by atoms with Crippen LogP contribution >= 0.6 is 11.3 Å². The van der Waals surface area contributed by atoms with Gasteiger partial charge in [0, 0.05) is 23.4 Å². The molecule has 0 amide bonds. The summed E-state index contributed by atoms with van der Waals surface area (Å²) in [4.78, 5) is 13.7. The molecule has 0 radical (unpaired) electrons. The summed E-state index contributed by atoms with van der Waals surface area (Å²) in [5.74, 6) is 0.284. The molecule has 0 saturated carbocycles. The lowest BCUT2D eigenvalue weighted by molar-refractivity contribution is 0.0982. The highest BCUT2D eigenvalue weighted by atomic mass is 32.1. The third-order valence-corrected chi connectivity index (χ3v) is 4.56. The van der Waals surface area contributed by atoms with Crippen molar-refractivity contribution in [2.75, 3.05) is 6.54 Å². The quantitative estimate of drug-likeness (QED) is 0.865. The van der Waals surface area contributed by atoms with E-state index in [1.165, 1.54) is 16.0 Å². The molecule has 1 N–H and O–H groups in total. The maximum Gasteiger partial charge on any atom is 0.163 e. The molecule has 0 atom stereocenters. The monoisotopic (exact) mass is 271 g/mol. The lowest BCUT2D eigenvalue weighted by atomic mass is 9.92. The maximum absolute atomic E-state index is 12.4. The lowest BCUT2D eigenvalue weighted by Gasteiger charge is -2.19. The molecule has 0 aliphatic carbocycles. The summed E-state index contributed by atoms with van der Waals surface area (Å²) in [5.41, 5.74) is 3.49. The van der Waals surface area contributed by atoms with Crippen molar-refractivity contribution in [3.8, 4) is 0 Å². The predicted molar refractivity (Wildman–Crippen MR) is 78.8 cm³/mol. The summed E-state index contributed by atoms with van der Waals surface area (Å²) < 4.78 is 0. The second-order valence-electron chi connectivity index (χ2n) is 4.87.